The Morgan fingerprint density at radius 1 is 1.36 bits per heavy atom. The molecule has 1 aromatic rings. The quantitative estimate of drug-likeness (QED) is 0.392. The molecule has 0 spiro atoms. The highest BCUT2D eigenvalue weighted by Crippen LogP contribution is 2.00. The summed E-state index contributed by atoms with van der Waals surface area (Å²) in [6.07, 6.45) is 0. The largest absolute Gasteiger partial charge is 0.411 e. The molecule has 0 atom stereocenters. The first-order valence-electron chi connectivity index (χ1n) is 3.21. The summed E-state index contributed by atoms with van der Waals surface area (Å²) in [5.74, 6) is 0. The number of oxime groups is 1. The van der Waals surface area contributed by atoms with Gasteiger partial charge in [0, 0.05) is 5.56 Å². The SMILES string of the molecule is O/N=C(/CF)c1ccccc1. The van der Waals surface area contributed by atoms with Crippen molar-refractivity contribution >= 4 is 5.71 Å². The number of hydrogen-bond donors (Lipinski definition) is 1. The third kappa shape index (κ3) is 1.77. The van der Waals surface area contributed by atoms with Gasteiger partial charge in [0.1, 0.15) is 12.4 Å². The molecule has 0 aliphatic heterocycles. The van der Waals surface area contributed by atoms with Crippen molar-refractivity contribution in [2.45, 2.75) is 0 Å². The van der Waals surface area contributed by atoms with E-state index in [9.17, 15) is 4.39 Å². The molecule has 0 amide bonds. The van der Waals surface area contributed by atoms with Crippen molar-refractivity contribution in [2.75, 3.05) is 6.67 Å². The van der Waals surface area contributed by atoms with E-state index in [0.29, 0.717) is 5.56 Å². The minimum absolute atomic E-state index is 0.0607. The minimum atomic E-state index is -0.749. The first-order valence-corrected chi connectivity index (χ1v) is 3.21. The van der Waals surface area contributed by atoms with E-state index >= 15 is 0 Å². The highest BCUT2D eigenvalue weighted by atomic mass is 19.1. The molecule has 0 aliphatic carbocycles. The number of benzene rings is 1. The van der Waals surface area contributed by atoms with Crippen LogP contribution >= 0.6 is 0 Å². The van der Waals surface area contributed by atoms with E-state index in [1.54, 1.807) is 24.3 Å². The summed E-state index contributed by atoms with van der Waals surface area (Å²) < 4.78 is 12.1. The Balaban J connectivity index is 2.92. The molecule has 58 valence electrons. The molecule has 0 bridgehead atoms. The summed E-state index contributed by atoms with van der Waals surface area (Å²) >= 11 is 0. The van der Waals surface area contributed by atoms with Gasteiger partial charge in [0.2, 0.25) is 0 Å². The molecule has 0 fully saturated rings. The molecule has 1 rings (SSSR count). The summed E-state index contributed by atoms with van der Waals surface area (Å²) in [6.45, 7) is -0.749. The van der Waals surface area contributed by atoms with E-state index in [0.717, 1.165) is 0 Å². The summed E-state index contributed by atoms with van der Waals surface area (Å²) in [7, 11) is 0. The average molecular weight is 153 g/mol. The van der Waals surface area contributed by atoms with Crippen LogP contribution in [0.5, 0.6) is 0 Å². The van der Waals surface area contributed by atoms with E-state index in [1.165, 1.54) is 0 Å². The van der Waals surface area contributed by atoms with Gasteiger partial charge in [-0.1, -0.05) is 35.5 Å². The van der Waals surface area contributed by atoms with Gasteiger partial charge in [0.15, 0.2) is 0 Å². The third-order valence-corrected chi connectivity index (χ3v) is 1.35. The lowest BCUT2D eigenvalue weighted by Crippen LogP contribution is -2.02. The molecule has 1 N–H and O–H groups in total. The van der Waals surface area contributed by atoms with Gasteiger partial charge in [0.25, 0.3) is 0 Å². The number of rotatable bonds is 2. The number of hydrogen-bond acceptors (Lipinski definition) is 2. The van der Waals surface area contributed by atoms with Crippen LogP contribution in [0.1, 0.15) is 5.56 Å². The summed E-state index contributed by atoms with van der Waals surface area (Å²) in [5, 5.41) is 11.1. The van der Waals surface area contributed by atoms with Gasteiger partial charge in [0.05, 0.1) is 0 Å². The molecular weight excluding hydrogens is 145 g/mol. The molecule has 0 saturated carbocycles. The van der Waals surface area contributed by atoms with Gasteiger partial charge >= 0.3 is 0 Å². The van der Waals surface area contributed by atoms with E-state index in [4.69, 9.17) is 5.21 Å². The van der Waals surface area contributed by atoms with Crippen molar-refractivity contribution < 1.29 is 9.60 Å². The molecule has 0 saturated heterocycles. The first-order chi connectivity index (χ1) is 5.38. The fourth-order valence-corrected chi connectivity index (χ4v) is 0.792. The molecule has 3 heteroatoms. The molecule has 0 aliphatic rings. The van der Waals surface area contributed by atoms with Crippen LogP contribution in [0.2, 0.25) is 0 Å². The van der Waals surface area contributed by atoms with Gasteiger partial charge in [-0.25, -0.2) is 4.39 Å². The Kier molecular flexibility index (Phi) is 2.60. The van der Waals surface area contributed by atoms with Crippen molar-refractivity contribution in [3.05, 3.63) is 35.9 Å². The Labute approximate surface area is 64.0 Å². The lowest BCUT2D eigenvalue weighted by Gasteiger charge is -1.96. The summed E-state index contributed by atoms with van der Waals surface area (Å²) in [6, 6.07) is 8.71. The number of halogens is 1. The minimum Gasteiger partial charge on any atom is -0.411 e. The zero-order valence-corrected chi connectivity index (χ0v) is 5.87. The van der Waals surface area contributed by atoms with Crippen molar-refractivity contribution in [2.24, 2.45) is 5.16 Å². The van der Waals surface area contributed by atoms with E-state index in [1.807, 2.05) is 6.07 Å². The lowest BCUT2D eigenvalue weighted by atomic mass is 10.1. The van der Waals surface area contributed by atoms with Crippen LogP contribution < -0.4 is 0 Å². The van der Waals surface area contributed by atoms with Crippen LogP contribution in [0.4, 0.5) is 4.39 Å². The van der Waals surface area contributed by atoms with Crippen LogP contribution in [0.3, 0.4) is 0 Å². The van der Waals surface area contributed by atoms with Crippen molar-refractivity contribution in [1.29, 1.82) is 0 Å². The maximum atomic E-state index is 12.1. The van der Waals surface area contributed by atoms with Gasteiger partial charge in [-0.15, -0.1) is 0 Å². The van der Waals surface area contributed by atoms with Gasteiger partial charge in [-0.2, -0.15) is 0 Å². The Bertz CT molecular complexity index is 246. The molecule has 0 aromatic heterocycles. The normalized spacial score (nSPS) is 11.5. The van der Waals surface area contributed by atoms with Crippen LogP contribution in [0.25, 0.3) is 0 Å². The maximum Gasteiger partial charge on any atom is 0.135 e. The predicted octanol–water partition coefficient (Wildman–Crippen LogP) is 1.83. The van der Waals surface area contributed by atoms with E-state index in [-0.39, 0.29) is 5.71 Å². The number of nitrogens with zero attached hydrogens (tertiary/aromatic N) is 1. The van der Waals surface area contributed by atoms with Gasteiger partial charge in [-0.05, 0) is 0 Å². The summed E-state index contributed by atoms with van der Waals surface area (Å²) in [5.41, 5.74) is 0.670. The number of alkyl halides is 1. The fourth-order valence-electron chi connectivity index (χ4n) is 0.792. The van der Waals surface area contributed by atoms with Gasteiger partial charge in [-0.3, -0.25) is 0 Å². The Morgan fingerprint density at radius 3 is 2.45 bits per heavy atom. The lowest BCUT2D eigenvalue weighted by molar-refractivity contribution is 0.316. The highest BCUT2D eigenvalue weighted by molar-refractivity contribution is 6.00. The summed E-state index contributed by atoms with van der Waals surface area (Å²) in [4.78, 5) is 0. The molecule has 1 aromatic carbocycles. The molecule has 11 heavy (non-hydrogen) atoms. The van der Waals surface area contributed by atoms with Crippen LogP contribution in [0, 0.1) is 0 Å². The third-order valence-electron chi connectivity index (χ3n) is 1.35. The molecule has 0 radical (unpaired) electrons. The zero-order valence-electron chi connectivity index (χ0n) is 5.87. The second-order valence-electron chi connectivity index (χ2n) is 2.05. The molecule has 0 heterocycles. The van der Waals surface area contributed by atoms with Crippen molar-refractivity contribution in [3.63, 3.8) is 0 Å². The van der Waals surface area contributed by atoms with Crippen molar-refractivity contribution in [3.8, 4) is 0 Å². The van der Waals surface area contributed by atoms with Crippen LogP contribution in [-0.4, -0.2) is 17.6 Å². The van der Waals surface area contributed by atoms with E-state index in [2.05, 4.69) is 5.16 Å². The molecule has 2 nitrogen and oxygen atoms in total. The standard InChI is InChI=1S/C8H8FNO/c9-6-8(10-11)7-4-2-1-3-5-7/h1-5,11H,6H2/b10-8-. The topological polar surface area (TPSA) is 32.6 Å². The second-order valence-corrected chi connectivity index (χ2v) is 2.05. The van der Waals surface area contributed by atoms with Crippen LogP contribution in [0.15, 0.2) is 35.5 Å². The average Bonchev–Trinajstić information content (AvgIpc) is 2.09. The fraction of sp³-hybridized carbons (Fsp3) is 0.125. The Morgan fingerprint density at radius 2 is 2.00 bits per heavy atom. The van der Waals surface area contributed by atoms with E-state index < -0.39 is 6.67 Å². The molecule has 0 unspecified atom stereocenters. The van der Waals surface area contributed by atoms with Gasteiger partial charge < -0.3 is 5.21 Å². The van der Waals surface area contributed by atoms with Crippen LogP contribution in [-0.2, 0) is 0 Å². The second kappa shape index (κ2) is 3.71. The highest BCUT2D eigenvalue weighted by Gasteiger charge is 2.00. The van der Waals surface area contributed by atoms with Crippen molar-refractivity contribution in [1.82, 2.24) is 0 Å². The zero-order chi connectivity index (χ0) is 8.10. The Hall–Kier alpha value is -1.38. The maximum absolute atomic E-state index is 12.1. The smallest absolute Gasteiger partial charge is 0.135 e. The molecular formula is C8H8FNO. The predicted molar refractivity (Wildman–Crippen MR) is 40.7 cm³/mol. The first kappa shape index (κ1) is 7.72. The monoisotopic (exact) mass is 153 g/mol.